The smallest absolute Gasteiger partial charge is 0.255 e. The third-order valence-corrected chi connectivity index (χ3v) is 7.78. The van der Waals surface area contributed by atoms with Crippen LogP contribution in [-0.2, 0) is 4.79 Å². The second-order valence-corrected chi connectivity index (χ2v) is 10.8. The molecule has 212 valence electrons. The molecule has 3 N–H and O–H groups in total. The molecule has 0 saturated heterocycles. The maximum absolute atomic E-state index is 15.1. The Bertz CT molecular complexity index is 1700. The standard InChI is InChI=1S/C30H29ClFN5O4/c1-36(2)30(41)18-7-11-24(26(14-18)35-28(39)17-6-9-20-22(31)16-33-25(20)13-17)34-29(40)21-10-8-19(15-23(21)32)37-12-4-3-5-27(37)38/h3-6,8-10,12-13,15-16,18,24,26,33H,7,11,14H2,1-2H3,(H,34,40)(H,35,39)/t18-,24-,26+/m0/s1. The molecule has 4 aromatic rings. The molecule has 1 aliphatic rings. The maximum Gasteiger partial charge on any atom is 0.255 e. The number of pyridine rings is 1. The predicted molar refractivity (Wildman–Crippen MR) is 154 cm³/mol. The highest BCUT2D eigenvalue weighted by Gasteiger charge is 2.36. The summed E-state index contributed by atoms with van der Waals surface area (Å²) < 4.78 is 16.4. The summed E-state index contributed by atoms with van der Waals surface area (Å²) >= 11 is 6.16. The molecule has 2 aromatic carbocycles. The second-order valence-electron chi connectivity index (χ2n) is 10.4. The number of benzene rings is 2. The number of halogens is 2. The summed E-state index contributed by atoms with van der Waals surface area (Å²) in [5.74, 6) is -2.21. The molecule has 0 spiro atoms. The van der Waals surface area contributed by atoms with Crippen molar-refractivity contribution >= 4 is 40.2 Å². The van der Waals surface area contributed by atoms with Crippen LogP contribution < -0.4 is 16.2 Å². The molecule has 3 atom stereocenters. The maximum atomic E-state index is 15.1. The van der Waals surface area contributed by atoms with E-state index < -0.39 is 23.8 Å². The lowest BCUT2D eigenvalue weighted by Crippen LogP contribution is -2.56. The van der Waals surface area contributed by atoms with E-state index in [0.29, 0.717) is 35.4 Å². The van der Waals surface area contributed by atoms with Gasteiger partial charge in [0.05, 0.1) is 22.3 Å². The molecule has 3 amide bonds. The van der Waals surface area contributed by atoms with E-state index in [9.17, 15) is 19.2 Å². The fraction of sp³-hybridized carbons (Fsp3) is 0.267. The van der Waals surface area contributed by atoms with Crippen LogP contribution in [0.4, 0.5) is 4.39 Å². The zero-order valence-corrected chi connectivity index (χ0v) is 23.2. The molecule has 1 fully saturated rings. The molecular weight excluding hydrogens is 549 g/mol. The number of nitrogens with zero attached hydrogens (tertiary/aromatic N) is 2. The molecule has 11 heteroatoms. The van der Waals surface area contributed by atoms with E-state index in [2.05, 4.69) is 15.6 Å². The number of carbonyl (C=O) groups is 3. The Hall–Kier alpha value is -4.44. The Morgan fingerprint density at radius 2 is 1.78 bits per heavy atom. The van der Waals surface area contributed by atoms with Crippen LogP contribution in [0, 0.1) is 11.7 Å². The molecule has 0 unspecified atom stereocenters. The van der Waals surface area contributed by atoms with Gasteiger partial charge < -0.3 is 20.5 Å². The lowest BCUT2D eigenvalue weighted by molar-refractivity contribution is -0.134. The van der Waals surface area contributed by atoms with E-state index in [1.165, 1.54) is 33.9 Å². The molecule has 1 aliphatic carbocycles. The summed E-state index contributed by atoms with van der Waals surface area (Å²) in [4.78, 5) is 55.9. The average Bonchev–Trinajstić information content (AvgIpc) is 3.33. The van der Waals surface area contributed by atoms with Crippen molar-refractivity contribution in [2.24, 2.45) is 5.92 Å². The monoisotopic (exact) mass is 577 g/mol. The van der Waals surface area contributed by atoms with Crippen molar-refractivity contribution < 1.29 is 18.8 Å². The van der Waals surface area contributed by atoms with Crippen LogP contribution in [0.2, 0.25) is 5.02 Å². The van der Waals surface area contributed by atoms with Crippen molar-refractivity contribution in [3.63, 3.8) is 0 Å². The number of hydrogen-bond donors (Lipinski definition) is 3. The van der Waals surface area contributed by atoms with Crippen LogP contribution in [0.5, 0.6) is 0 Å². The van der Waals surface area contributed by atoms with Gasteiger partial charge in [0, 0.05) is 61.0 Å². The fourth-order valence-corrected chi connectivity index (χ4v) is 5.52. The van der Waals surface area contributed by atoms with E-state index in [-0.39, 0.29) is 34.5 Å². The molecule has 2 heterocycles. The van der Waals surface area contributed by atoms with Gasteiger partial charge in [-0.15, -0.1) is 0 Å². The number of H-pyrrole nitrogens is 1. The Morgan fingerprint density at radius 1 is 1.00 bits per heavy atom. The van der Waals surface area contributed by atoms with Gasteiger partial charge in [0.25, 0.3) is 17.4 Å². The number of hydrogen-bond acceptors (Lipinski definition) is 4. The van der Waals surface area contributed by atoms with Crippen molar-refractivity contribution in [2.45, 2.75) is 31.3 Å². The Kier molecular flexibility index (Phi) is 7.94. The van der Waals surface area contributed by atoms with Crippen LogP contribution in [0.15, 0.2) is 71.8 Å². The van der Waals surface area contributed by atoms with Gasteiger partial charge in [0.2, 0.25) is 5.91 Å². The largest absolute Gasteiger partial charge is 0.360 e. The second kappa shape index (κ2) is 11.6. The molecule has 5 rings (SSSR count). The summed E-state index contributed by atoms with van der Waals surface area (Å²) in [7, 11) is 3.35. The highest BCUT2D eigenvalue weighted by Crippen LogP contribution is 2.28. The highest BCUT2D eigenvalue weighted by atomic mass is 35.5. The van der Waals surface area contributed by atoms with E-state index in [1.54, 1.807) is 50.6 Å². The van der Waals surface area contributed by atoms with Gasteiger partial charge in [-0.2, -0.15) is 0 Å². The van der Waals surface area contributed by atoms with Crippen LogP contribution in [-0.4, -0.2) is 58.4 Å². The van der Waals surface area contributed by atoms with Gasteiger partial charge in [0.15, 0.2) is 0 Å². The van der Waals surface area contributed by atoms with Crippen molar-refractivity contribution in [3.05, 3.63) is 99.3 Å². The summed E-state index contributed by atoms with van der Waals surface area (Å²) in [6.45, 7) is 0. The van der Waals surface area contributed by atoms with Crippen molar-refractivity contribution in [1.82, 2.24) is 25.1 Å². The van der Waals surface area contributed by atoms with Crippen LogP contribution >= 0.6 is 11.6 Å². The quantitative estimate of drug-likeness (QED) is 0.322. The van der Waals surface area contributed by atoms with Crippen molar-refractivity contribution in [3.8, 4) is 5.69 Å². The lowest BCUT2D eigenvalue weighted by atomic mass is 9.81. The van der Waals surface area contributed by atoms with Crippen LogP contribution in [0.25, 0.3) is 16.6 Å². The van der Waals surface area contributed by atoms with Crippen LogP contribution in [0.3, 0.4) is 0 Å². The van der Waals surface area contributed by atoms with Gasteiger partial charge in [-0.1, -0.05) is 23.7 Å². The first kappa shape index (κ1) is 28.1. The number of aromatic amines is 1. The van der Waals surface area contributed by atoms with Gasteiger partial charge in [-0.3, -0.25) is 23.7 Å². The van der Waals surface area contributed by atoms with E-state index in [1.807, 2.05) is 0 Å². The number of nitrogens with one attached hydrogen (secondary N) is 3. The molecule has 0 radical (unpaired) electrons. The fourth-order valence-electron chi connectivity index (χ4n) is 5.30. The summed E-state index contributed by atoms with van der Waals surface area (Å²) in [5, 5.41) is 7.18. The Balaban J connectivity index is 1.36. The minimum atomic E-state index is -0.786. The zero-order valence-electron chi connectivity index (χ0n) is 22.5. The number of rotatable bonds is 6. The van der Waals surface area contributed by atoms with E-state index >= 15 is 4.39 Å². The van der Waals surface area contributed by atoms with Crippen molar-refractivity contribution in [2.75, 3.05) is 14.1 Å². The van der Waals surface area contributed by atoms with Gasteiger partial charge >= 0.3 is 0 Å². The predicted octanol–water partition coefficient (Wildman–Crippen LogP) is 3.90. The number of amides is 3. The number of fused-ring (bicyclic) bond motifs is 1. The first-order valence-corrected chi connectivity index (χ1v) is 13.6. The van der Waals surface area contributed by atoms with E-state index in [4.69, 9.17) is 11.6 Å². The summed E-state index contributed by atoms with van der Waals surface area (Å²) in [5.41, 5.74) is 0.861. The number of aromatic nitrogens is 2. The summed E-state index contributed by atoms with van der Waals surface area (Å²) in [6, 6.07) is 12.5. The van der Waals surface area contributed by atoms with E-state index in [0.717, 1.165) is 11.5 Å². The van der Waals surface area contributed by atoms with Crippen molar-refractivity contribution in [1.29, 1.82) is 0 Å². The first-order chi connectivity index (χ1) is 19.6. The minimum absolute atomic E-state index is 0.0609. The minimum Gasteiger partial charge on any atom is -0.360 e. The molecule has 0 aliphatic heterocycles. The Labute approximate surface area is 240 Å². The molecular formula is C30H29ClFN5O4. The number of carbonyl (C=O) groups excluding carboxylic acids is 3. The molecule has 0 bridgehead atoms. The highest BCUT2D eigenvalue weighted by molar-refractivity contribution is 6.35. The third-order valence-electron chi connectivity index (χ3n) is 7.46. The topological polar surface area (TPSA) is 116 Å². The SMILES string of the molecule is CN(C)C(=O)[C@H]1CC[C@H](NC(=O)c2ccc(-n3ccccc3=O)cc2F)[C@H](NC(=O)c2ccc3c(Cl)c[nH]c3c2)C1. The Morgan fingerprint density at radius 3 is 2.51 bits per heavy atom. The van der Waals surface area contributed by atoms with Crippen LogP contribution in [0.1, 0.15) is 40.0 Å². The molecule has 41 heavy (non-hydrogen) atoms. The third kappa shape index (κ3) is 5.88. The van der Waals surface area contributed by atoms with Gasteiger partial charge in [-0.05, 0) is 55.7 Å². The van der Waals surface area contributed by atoms with Gasteiger partial charge in [-0.25, -0.2) is 4.39 Å². The zero-order chi connectivity index (χ0) is 29.3. The molecule has 2 aromatic heterocycles. The summed E-state index contributed by atoms with van der Waals surface area (Å²) in [6.07, 6.45) is 4.37. The average molecular weight is 578 g/mol. The van der Waals surface area contributed by atoms with Gasteiger partial charge in [0.1, 0.15) is 5.82 Å². The molecule has 9 nitrogen and oxygen atoms in total. The first-order valence-electron chi connectivity index (χ1n) is 13.2. The lowest BCUT2D eigenvalue weighted by Gasteiger charge is -2.37. The normalized spacial score (nSPS) is 18.6. The molecule has 1 saturated carbocycles.